The van der Waals surface area contributed by atoms with E-state index in [2.05, 4.69) is 4.90 Å². The van der Waals surface area contributed by atoms with Crippen molar-refractivity contribution in [3.8, 4) is 0 Å². The number of hydrogen-bond acceptors (Lipinski definition) is 3. The van der Waals surface area contributed by atoms with Crippen LogP contribution in [0.3, 0.4) is 0 Å². The highest BCUT2D eigenvalue weighted by molar-refractivity contribution is 5.80. The van der Waals surface area contributed by atoms with E-state index in [9.17, 15) is 4.79 Å². The van der Waals surface area contributed by atoms with Crippen LogP contribution in [-0.2, 0) is 4.79 Å². The van der Waals surface area contributed by atoms with E-state index in [0.29, 0.717) is 18.6 Å². The van der Waals surface area contributed by atoms with Crippen LogP contribution in [0.2, 0.25) is 0 Å². The van der Waals surface area contributed by atoms with Gasteiger partial charge in [-0.3, -0.25) is 9.69 Å². The summed E-state index contributed by atoms with van der Waals surface area (Å²) in [5.74, 6) is 1.23. The Kier molecular flexibility index (Phi) is 2.19. The minimum atomic E-state index is 0.149. The summed E-state index contributed by atoms with van der Waals surface area (Å²) < 4.78 is 5.30. The van der Waals surface area contributed by atoms with Crippen LogP contribution in [0.5, 0.6) is 0 Å². The quantitative estimate of drug-likeness (QED) is 0.656. The van der Waals surface area contributed by atoms with Crippen LogP contribution in [0, 0.1) is 0 Å². The van der Waals surface area contributed by atoms with E-state index in [4.69, 9.17) is 4.42 Å². The molecule has 0 spiro atoms. The molecule has 3 nitrogen and oxygen atoms in total. The van der Waals surface area contributed by atoms with Crippen molar-refractivity contribution in [1.82, 2.24) is 4.90 Å². The number of Topliss-reactive ketones (excluding diaryl/α,β-unsaturated/α-hetero) is 1. The van der Waals surface area contributed by atoms with Gasteiger partial charge in [0.15, 0.2) is 0 Å². The van der Waals surface area contributed by atoms with Gasteiger partial charge in [0, 0.05) is 19.4 Å². The summed E-state index contributed by atoms with van der Waals surface area (Å²) in [6, 6.07) is 3.94. The van der Waals surface area contributed by atoms with E-state index in [1.54, 1.807) is 6.26 Å². The number of piperidine rings is 1. The molecule has 2 heterocycles. The Labute approximate surface area is 77.3 Å². The van der Waals surface area contributed by atoms with Crippen molar-refractivity contribution in [3.63, 3.8) is 0 Å². The summed E-state index contributed by atoms with van der Waals surface area (Å²) in [4.78, 5) is 13.4. The molecule has 0 aliphatic carbocycles. The lowest BCUT2D eigenvalue weighted by Crippen LogP contribution is -2.33. The zero-order chi connectivity index (χ0) is 9.26. The number of ketones is 1. The molecule has 1 saturated heterocycles. The highest BCUT2D eigenvalue weighted by atomic mass is 16.3. The molecule has 0 saturated carbocycles. The van der Waals surface area contributed by atoms with Crippen molar-refractivity contribution in [2.24, 2.45) is 0 Å². The second kappa shape index (κ2) is 3.34. The third kappa shape index (κ3) is 1.65. The van der Waals surface area contributed by atoms with E-state index in [0.717, 1.165) is 12.3 Å². The molecule has 13 heavy (non-hydrogen) atoms. The number of rotatable bonds is 1. The maximum atomic E-state index is 11.2. The Bertz CT molecular complexity index is 292. The molecule has 1 unspecified atom stereocenters. The number of carbonyl (C=O) groups excluding carboxylic acids is 1. The summed E-state index contributed by atoms with van der Waals surface area (Å²) in [5, 5.41) is 0. The summed E-state index contributed by atoms with van der Waals surface area (Å²) in [6.45, 7) is 0.838. The molecular weight excluding hydrogens is 166 g/mol. The molecule has 1 aromatic heterocycles. The molecule has 1 atom stereocenters. The Morgan fingerprint density at radius 3 is 3.15 bits per heavy atom. The van der Waals surface area contributed by atoms with Crippen LogP contribution < -0.4 is 0 Å². The van der Waals surface area contributed by atoms with Gasteiger partial charge in [-0.2, -0.15) is 0 Å². The Balaban J connectivity index is 2.17. The minimum Gasteiger partial charge on any atom is -0.468 e. The minimum absolute atomic E-state index is 0.149. The van der Waals surface area contributed by atoms with Crippen molar-refractivity contribution in [3.05, 3.63) is 24.2 Å². The van der Waals surface area contributed by atoms with Gasteiger partial charge in [0.05, 0.1) is 12.3 Å². The molecule has 1 aliphatic heterocycles. The maximum absolute atomic E-state index is 11.2. The monoisotopic (exact) mass is 179 g/mol. The lowest BCUT2D eigenvalue weighted by atomic mass is 10.00. The van der Waals surface area contributed by atoms with Crippen LogP contribution in [-0.4, -0.2) is 24.3 Å². The Hall–Kier alpha value is -1.09. The molecule has 3 heteroatoms. The predicted molar refractivity (Wildman–Crippen MR) is 48.3 cm³/mol. The van der Waals surface area contributed by atoms with Crippen molar-refractivity contribution >= 4 is 5.78 Å². The SMILES string of the molecule is CN1CCC(=O)CC1c1ccco1. The molecule has 70 valence electrons. The zero-order valence-corrected chi connectivity index (χ0v) is 7.69. The van der Waals surface area contributed by atoms with Crippen LogP contribution >= 0.6 is 0 Å². The molecule has 0 aromatic carbocycles. The summed E-state index contributed by atoms with van der Waals surface area (Å²) in [5.41, 5.74) is 0. The molecule has 1 fully saturated rings. The standard InChI is InChI=1S/C10H13NO2/c1-11-5-4-8(12)7-9(11)10-3-2-6-13-10/h2-3,6,9H,4-5,7H2,1H3. The number of nitrogens with zero attached hydrogens (tertiary/aromatic N) is 1. The molecule has 1 aromatic rings. The first-order valence-corrected chi connectivity index (χ1v) is 4.52. The van der Waals surface area contributed by atoms with E-state index in [1.807, 2.05) is 19.2 Å². The second-order valence-corrected chi connectivity index (χ2v) is 3.50. The maximum Gasteiger partial charge on any atom is 0.136 e. The molecule has 0 radical (unpaired) electrons. The largest absolute Gasteiger partial charge is 0.468 e. The van der Waals surface area contributed by atoms with Gasteiger partial charge >= 0.3 is 0 Å². The van der Waals surface area contributed by atoms with Crippen LogP contribution in [0.15, 0.2) is 22.8 Å². The van der Waals surface area contributed by atoms with Crippen molar-refractivity contribution in [2.45, 2.75) is 18.9 Å². The van der Waals surface area contributed by atoms with Gasteiger partial charge in [0.2, 0.25) is 0 Å². The first-order valence-electron chi connectivity index (χ1n) is 4.52. The van der Waals surface area contributed by atoms with Gasteiger partial charge in [0.1, 0.15) is 11.5 Å². The first kappa shape index (κ1) is 8.51. The normalized spacial score (nSPS) is 25.0. The van der Waals surface area contributed by atoms with Crippen LogP contribution in [0.25, 0.3) is 0 Å². The smallest absolute Gasteiger partial charge is 0.136 e. The summed E-state index contributed by atoms with van der Waals surface area (Å²) >= 11 is 0. The second-order valence-electron chi connectivity index (χ2n) is 3.50. The van der Waals surface area contributed by atoms with E-state index in [1.165, 1.54) is 0 Å². The van der Waals surface area contributed by atoms with Crippen LogP contribution in [0.1, 0.15) is 24.6 Å². The highest BCUT2D eigenvalue weighted by Gasteiger charge is 2.27. The van der Waals surface area contributed by atoms with E-state index >= 15 is 0 Å². The fourth-order valence-electron chi connectivity index (χ4n) is 1.73. The fraction of sp³-hybridized carbons (Fsp3) is 0.500. The average Bonchev–Trinajstić information content (AvgIpc) is 2.61. The van der Waals surface area contributed by atoms with Gasteiger partial charge in [-0.15, -0.1) is 0 Å². The molecular formula is C10H13NO2. The summed E-state index contributed by atoms with van der Waals surface area (Å²) in [7, 11) is 2.03. The van der Waals surface area contributed by atoms with Gasteiger partial charge in [-0.1, -0.05) is 0 Å². The lowest BCUT2D eigenvalue weighted by Gasteiger charge is -2.29. The van der Waals surface area contributed by atoms with Gasteiger partial charge in [0.25, 0.3) is 0 Å². The lowest BCUT2D eigenvalue weighted by molar-refractivity contribution is -0.123. The van der Waals surface area contributed by atoms with Crippen LogP contribution in [0.4, 0.5) is 0 Å². The number of likely N-dealkylation sites (tertiary alicyclic amines) is 1. The predicted octanol–water partition coefficient (Wildman–Crippen LogP) is 1.62. The fourth-order valence-corrected chi connectivity index (χ4v) is 1.73. The molecule has 0 N–H and O–H groups in total. The zero-order valence-electron chi connectivity index (χ0n) is 7.69. The molecule has 2 rings (SSSR count). The van der Waals surface area contributed by atoms with Crippen molar-refractivity contribution in [1.29, 1.82) is 0 Å². The molecule has 0 bridgehead atoms. The van der Waals surface area contributed by atoms with Gasteiger partial charge in [-0.05, 0) is 19.2 Å². The number of furan rings is 1. The average molecular weight is 179 g/mol. The topological polar surface area (TPSA) is 33.5 Å². The Morgan fingerprint density at radius 2 is 2.46 bits per heavy atom. The van der Waals surface area contributed by atoms with E-state index < -0.39 is 0 Å². The highest BCUT2D eigenvalue weighted by Crippen LogP contribution is 2.27. The first-order chi connectivity index (χ1) is 6.27. The number of carbonyl (C=O) groups is 1. The molecule has 1 aliphatic rings. The number of hydrogen-bond donors (Lipinski definition) is 0. The third-order valence-corrected chi connectivity index (χ3v) is 2.57. The van der Waals surface area contributed by atoms with Crippen molar-refractivity contribution in [2.75, 3.05) is 13.6 Å². The summed E-state index contributed by atoms with van der Waals surface area (Å²) in [6.07, 6.45) is 2.92. The van der Waals surface area contributed by atoms with Gasteiger partial charge < -0.3 is 4.42 Å². The Morgan fingerprint density at radius 1 is 1.62 bits per heavy atom. The van der Waals surface area contributed by atoms with Gasteiger partial charge in [-0.25, -0.2) is 0 Å². The van der Waals surface area contributed by atoms with Crippen molar-refractivity contribution < 1.29 is 9.21 Å². The third-order valence-electron chi connectivity index (χ3n) is 2.57. The van der Waals surface area contributed by atoms with E-state index in [-0.39, 0.29) is 6.04 Å². The molecule has 0 amide bonds.